The summed E-state index contributed by atoms with van der Waals surface area (Å²) < 4.78 is 7.32. The van der Waals surface area contributed by atoms with Gasteiger partial charge in [-0.3, -0.25) is 0 Å². The third-order valence-electron chi connectivity index (χ3n) is 3.58. The summed E-state index contributed by atoms with van der Waals surface area (Å²) in [6.07, 6.45) is 6.22. The van der Waals surface area contributed by atoms with Gasteiger partial charge in [0.25, 0.3) is 0 Å². The van der Waals surface area contributed by atoms with E-state index in [0.717, 1.165) is 36.1 Å². The Hall–Kier alpha value is -2.70. The molecule has 0 unspecified atom stereocenters. The molecule has 120 valence electrons. The highest BCUT2D eigenvalue weighted by atomic mass is 16.4. The molecule has 0 aliphatic heterocycles. The molecule has 0 atom stereocenters. The number of nitrogens with one attached hydrogen (secondary N) is 1. The fourth-order valence-electron chi connectivity index (χ4n) is 2.35. The molecule has 1 N–H and O–H groups in total. The molecule has 23 heavy (non-hydrogen) atoms. The van der Waals surface area contributed by atoms with Gasteiger partial charge in [0.2, 0.25) is 5.89 Å². The third kappa shape index (κ3) is 3.74. The van der Waals surface area contributed by atoms with Crippen molar-refractivity contribution in [2.45, 2.75) is 39.7 Å². The van der Waals surface area contributed by atoms with Crippen molar-refractivity contribution >= 4 is 6.01 Å². The lowest BCUT2D eigenvalue weighted by atomic mass is 10.1. The average molecular weight is 312 g/mol. The van der Waals surface area contributed by atoms with Crippen LogP contribution in [-0.2, 0) is 13.0 Å². The van der Waals surface area contributed by atoms with Gasteiger partial charge in [-0.2, -0.15) is 5.10 Å². The Labute approximate surface area is 134 Å². The minimum atomic E-state index is 0.467. The topological polar surface area (TPSA) is 81.7 Å². The number of nitrogens with zero attached hydrogens (tertiary/aromatic N) is 5. The minimum absolute atomic E-state index is 0.467. The summed E-state index contributed by atoms with van der Waals surface area (Å²) >= 11 is 0. The summed E-state index contributed by atoms with van der Waals surface area (Å²) in [6, 6.07) is 6.65. The van der Waals surface area contributed by atoms with Crippen molar-refractivity contribution in [1.29, 1.82) is 0 Å². The summed E-state index contributed by atoms with van der Waals surface area (Å²) in [5.74, 6) is 0.687. The van der Waals surface area contributed by atoms with Crippen molar-refractivity contribution in [3.63, 3.8) is 0 Å². The molecule has 3 aromatic rings. The van der Waals surface area contributed by atoms with Gasteiger partial charge in [-0.15, -0.1) is 5.10 Å². The second-order valence-corrected chi connectivity index (χ2v) is 5.42. The van der Waals surface area contributed by atoms with Crippen LogP contribution in [0.5, 0.6) is 0 Å². The smallest absolute Gasteiger partial charge is 0.315 e. The van der Waals surface area contributed by atoms with Gasteiger partial charge in [0, 0.05) is 13.0 Å². The van der Waals surface area contributed by atoms with Crippen molar-refractivity contribution in [2.75, 3.05) is 5.32 Å². The Balaban J connectivity index is 1.62. The van der Waals surface area contributed by atoms with Gasteiger partial charge in [-0.1, -0.05) is 30.6 Å². The maximum atomic E-state index is 5.56. The van der Waals surface area contributed by atoms with E-state index in [2.05, 4.69) is 45.5 Å². The van der Waals surface area contributed by atoms with Crippen LogP contribution in [0.25, 0.3) is 5.69 Å². The van der Waals surface area contributed by atoms with E-state index in [-0.39, 0.29) is 0 Å². The second kappa shape index (κ2) is 7.04. The molecular formula is C16H20N6O. The molecule has 0 bridgehead atoms. The SMILES string of the molecule is CCCCc1nnc(NCc2ccc(-n3cncn3)c(C)c2)o1. The Kier molecular flexibility index (Phi) is 4.65. The average Bonchev–Trinajstić information content (AvgIpc) is 3.23. The number of benzene rings is 1. The normalized spacial score (nSPS) is 10.9. The zero-order valence-electron chi connectivity index (χ0n) is 13.4. The highest BCUT2D eigenvalue weighted by molar-refractivity contribution is 5.42. The van der Waals surface area contributed by atoms with E-state index < -0.39 is 0 Å². The Morgan fingerprint density at radius 2 is 2.17 bits per heavy atom. The molecule has 2 heterocycles. The lowest BCUT2D eigenvalue weighted by Crippen LogP contribution is -2.02. The predicted molar refractivity (Wildman–Crippen MR) is 86.3 cm³/mol. The van der Waals surface area contributed by atoms with Crippen molar-refractivity contribution in [3.05, 3.63) is 47.9 Å². The van der Waals surface area contributed by atoms with Crippen LogP contribution in [0.15, 0.2) is 35.3 Å². The summed E-state index contributed by atoms with van der Waals surface area (Å²) in [6.45, 7) is 4.82. The minimum Gasteiger partial charge on any atom is -0.408 e. The first-order valence-electron chi connectivity index (χ1n) is 7.77. The zero-order chi connectivity index (χ0) is 16.1. The van der Waals surface area contributed by atoms with E-state index >= 15 is 0 Å². The number of hydrogen-bond donors (Lipinski definition) is 1. The number of rotatable bonds is 7. The second-order valence-electron chi connectivity index (χ2n) is 5.42. The van der Waals surface area contributed by atoms with E-state index in [1.54, 1.807) is 11.0 Å². The van der Waals surface area contributed by atoms with Gasteiger partial charge in [-0.25, -0.2) is 9.67 Å². The van der Waals surface area contributed by atoms with Gasteiger partial charge >= 0.3 is 6.01 Å². The molecule has 0 aliphatic rings. The Morgan fingerprint density at radius 3 is 2.91 bits per heavy atom. The predicted octanol–water partition coefficient (Wildman–Crippen LogP) is 2.91. The summed E-state index contributed by atoms with van der Waals surface area (Å²) in [5, 5.41) is 15.4. The molecule has 0 spiro atoms. The van der Waals surface area contributed by atoms with E-state index in [9.17, 15) is 0 Å². The van der Waals surface area contributed by atoms with Gasteiger partial charge in [0.15, 0.2) is 0 Å². The summed E-state index contributed by atoms with van der Waals surface area (Å²) in [7, 11) is 0. The van der Waals surface area contributed by atoms with Gasteiger partial charge in [0.1, 0.15) is 12.7 Å². The van der Waals surface area contributed by atoms with Crippen molar-refractivity contribution in [3.8, 4) is 5.69 Å². The van der Waals surface area contributed by atoms with Crippen LogP contribution in [0.3, 0.4) is 0 Å². The van der Waals surface area contributed by atoms with Crippen LogP contribution < -0.4 is 5.32 Å². The number of unbranched alkanes of at least 4 members (excludes halogenated alkanes) is 1. The lowest BCUT2D eigenvalue weighted by Gasteiger charge is -2.08. The fourth-order valence-corrected chi connectivity index (χ4v) is 2.35. The molecule has 0 fully saturated rings. The molecule has 0 radical (unpaired) electrons. The van der Waals surface area contributed by atoms with Crippen LogP contribution in [0, 0.1) is 6.92 Å². The highest BCUT2D eigenvalue weighted by Gasteiger charge is 2.07. The standard InChI is InChI=1S/C16H20N6O/c1-3-4-5-15-20-21-16(23-15)18-9-13-6-7-14(12(2)8-13)22-11-17-10-19-22/h6-8,10-11H,3-5,9H2,1-2H3,(H,18,21). The van der Waals surface area contributed by atoms with Crippen LogP contribution in [0.2, 0.25) is 0 Å². The molecule has 0 saturated heterocycles. The molecule has 7 heteroatoms. The molecule has 2 aromatic heterocycles. The first-order valence-corrected chi connectivity index (χ1v) is 7.77. The molecule has 0 amide bonds. The molecule has 3 rings (SSSR count). The largest absolute Gasteiger partial charge is 0.408 e. The number of aromatic nitrogens is 5. The van der Waals surface area contributed by atoms with Crippen molar-refractivity contribution in [2.24, 2.45) is 0 Å². The maximum absolute atomic E-state index is 5.56. The van der Waals surface area contributed by atoms with Gasteiger partial charge < -0.3 is 9.73 Å². The van der Waals surface area contributed by atoms with E-state index in [0.29, 0.717) is 18.5 Å². The first-order chi connectivity index (χ1) is 11.3. The number of aryl methyl sites for hydroxylation is 2. The fraction of sp³-hybridized carbons (Fsp3) is 0.375. The summed E-state index contributed by atoms with van der Waals surface area (Å²) in [5.41, 5.74) is 3.29. The lowest BCUT2D eigenvalue weighted by molar-refractivity contribution is 0.495. The van der Waals surface area contributed by atoms with Crippen LogP contribution in [0.1, 0.15) is 36.8 Å². The number of hydrogen-bond acceptors (Lipinski definition) is 6. The van der Waals surface area contributed by atoms with Crippen molar-refractivity contribution < 1.29 is 4.42 Å². The van der Waals surface area contributed by atoms with Gasteiger partial charge in [0.05, 0.1) is 5.69 Å². The van der Waals surface area contributed by atoms with Gasteiger partial charge in [-0.05, 0) is 30.5 Å². The Bertz CT molecular complexity index is 750. The first kappa shape index (κ1) is 15.2. The van der Waals surface area contributed by atoms with E-state index in [1.165, 1.54) is 6.33 Å². The quantitative estimate of drug-likeness (QED) is 0.722. The monoisotopic (exact) mass is 312 g/mol. The Morgan fingerprint density at radius 1 is 1.26 bits per heavy atom. The third-order valence-corrected chi connectivity index (χ3v) is 3.58. The summed E-state index contributed by atoms with van der Waals surface area (Å²) in [4.78, 5) is 3.97. The van der Waals surface area contributed by atoms with E-state index in [1.807, 2.05) is 12.1 Å². The molecule has 0 saturated carbocycles. The number of anilines is 1. The van der Waals surface area contributed by atoms with E-state index in [4.69, 9.17) is 4.42 Å². The maximum Gasteiger partial charge on any atom is 0.315 e. The van der Waals surface area contributed by atoms with Crippen molar-refractivity contribution in [1.82, 2.24) is 25.0 Å². The molecule has 1 aromatic carbocycles. The van der Waals surface area contributed by atoms with Crippen LogP contribution in [-0.4, -0.2) is 25.0 Å². The van der Waals surface area contributed by atoms with Crippen LogP contribution >= 0.6 is 0 Å². The van der Waals surface area contributed by atoms with Crippen LogP contribution in [0.4, 0.5) is 6.01 Å². The highest BCUT2D eigenvalue weighted by Crippen LogP contribution is 2.16. The molecular weight excluding hydrogens is 292 g/mol. The molecule has 0 aliphatic carbocycles. The zero-order valence-corrected chi connectivity index (χ0v) is 13.4. The molecule has 7 nitrogen and oxygen atoms in total.